The predicted molar refractivity (Wildman–Crippen MR) is 70.5 cm³/mol. The molecule has 0 amide bonds. The van der Waals surface area contributed by atoms with Gasteiger partial charge in [-0.05, 0) is 37.9 Å². The van der Waals surface area contributed by atoms with Crippen LogP contribution in [0.1, 0.15) is 4.88 Å². The van der Waals surface area contributed by atoms with Gasteiger partial charge in [-0.2, -0.15) is 5.10 Å². The second kappa shape index (κ2) is 4.45. The van der Waals surface area contributed by atoms with Crippen molar-refractivity contribution < 1.29 is 0 Å². The molecule has 0 fully saturated rings. The van der Waals surface area contributed by atoms with Gasteiger partial charge >= 0.3 is 0 Å². The molecule has 3 nitrogen and oxygen atoms in total. The van der Waals surface area contributed by atoms with Crippen LogP contribution >= 0.6 is 54.8 Å². The minimum atomic E-state index is 0.621. The molecule has 7 heteroatoms. The smallest absolute Gasteiger partial charge is 0.136 e. The van der Waals surface area contributed by atoms with E-state index in [4.69, 9.17) is 17.3 Å². The number of halogens is 3. The largest absolute Gasteiger partial charge is 0.383 e. The van der Waals surface area contributed by atoms with Crippen LogP contribution in [0.15, 0.2) is 21.2 Å². The molecule has 0 spiro atoms. The molecular weight excluding hydrogens is 365 g/mol. The molecule has 0 aromatic carbocycles. The Balaban J connectivity index is 2.25. The lowest BCUT2D eigenvalue weighted by molar-refractivity contribution is 0.705. The molecule has 2 aromatic rings. The SMILES string of the molecule is Nc1c(Br)cnn1Cc1cc(Br)c(Cl)s1. The van der Waals surface area contributed by atoms with Crippen molar-refractivity contribution >= 4 is 60.6 Å². The fourth-order valence-corrected chi connectivity index (χ4v) is 3.18. The Labute approximate surface area is 112 Å². The van der Waals surface area contributed by atoms with Gasteiger partial charge in [0.1, 0.15) is 10.2 Å². The summed E-state index contributed by atoms with van der Waals surface area (Å²) in [4.78, 5) is 1.11. The molecule has 2 aromatic heterocycles. The maximum absolute atomic E-state index is 5.94. The lowest BCUT2D eigenvalue weighted by Crippen LogP contribution is -2.04. The Hall–Kier alpha value is -0.0400. The Morgan fingerprint density at radius 2 is 2.20 bits per heavy atom. The van der Waals surface area contributed by atoms with Crippen molar-refractivity contribution in [2.75, 3.05) is 5.73 Å². The van der Waals surface area contributed by atoms with E-state index in [-0.39, 0.29) is 0 Å². The fraction of sp³-hybridized carbons (Fsp3) is 0.125. The highest BCUT2D eigenvalue weighted by atomic mass is 79.9. The van der Waals surface area contributed by atoms with Crippen molar-refractivity contribution in [1.29, 1.82) is 0 Å². The average molecular weight is 371 g/mol. The third-order valence-corrected chi connectivity index (χ3v) is 4.91. The van der Waals surface area contributed by atoms with Crippen molar-refractivity contribution in [3.63, 3.8) is 0 Å². The van der Waals surface area contributed by atoms with Crippen LogP contribution in [0.3, 0.4) is 0 Å². The van der Waals surface area contributed by atoms with Gasteiger partial charge in [0.05, 0.1) is 17.2 Å². The van der Waals surface area contributed by atoms with Crippen LogP contribution in [-0.2, 0) is 6.54 Å². The minimum Gasteiger partial charge on any atom is -0.383 e. The summed E-state index contributed by atoms with van der Waals surface area (Å²) < 4.78 is 4.19. The molecule has 0 unspecified atom stereocenters. The van der Waals surface area contributed by atoms with E-state index in [0.29, 0.717) is 12.4 Å². The van der Waals surface area contributed by atoms with Crippen molar-refractivity contribution in [2.24, 2.45) is 0 Å². The number of nitrogens with zero attached hydrogens (tertiary/aromatic N) is 2. The highest BCUT2D eigenvalue weighted by molar-refractivity contribution is 9.11. The average Bonchev–Trinajstić information content (AvgIpc) is 2.65. The van der Waals surface area contributed by atoms with E-state index in [1.54, 1.807) is 10.9 Å². The molecule has 0 aliphatic rings. The zero-order chi connectivity index (χ0) is 11.0. The molecule has 0 bridgehead atoms. The van der Waals surface area contributed by atoms with E-state index in [2.05, 4.69) is 37.0 Å². The summed E-state index contributed by atoms with van der Waals surface area (Å²) in [5, 5.41) is 4.14. The number of aromatic nitrogens is 2. The number of thiophene rings is 1. The molecule has 0 atom stereocenters. The first kappa shape index (κ1) is 11.4. The monoisotopic (exact) mass is 369 g/mol. The fourth-order valence-electron chi connectivity index (χ4n) is 1.11. The summed E-state index contributed by atoms with van der Waals surface area (Å²) in [6, 6.07) is 1.97. The number of nitrogens with two attached hydrogens (primary N) is 1. The highest BCUT2D eigenvalue weighted by Crippen LogP contribution is 2.32. The number of hydrogen-bond donors (Lipinski definition) is 1. The van der Waals surface area contributed by atoms with Crippen molar-refractivity contribution in [1.82, 2.24) is 9.78 Å². The Morgan fingerprint density at radius 1 is 1.47 bits per heavy atom. The third kappa shape index (κ3) is 2.38. The normalized spacial score (nSPS) is 10.9. The van der Waals surface area contributed by atoms with Gasteiger partial charge in [0.15, 0.2) is 0 Å². The molecule has 0 saturated heterocycles. The summed E-state index contributed by atoms with van der Waals surface area (Å²) in [6.07, 6.45) is 1.68. The van der Waals surface area contributed by atoms with Crippen LogP contribution in [0, 0.1) is 0 Å². The predicted octanol–water partition coefficient (Wildman–Crippen LogP) is 3.75. The molecule has 2 N–H and O–H groups in total. The molecule has 0 saturated carbocycles. The van der Waals surface area contributed by atoms with Gasteiger partial charge in [0.2, 0.25) is 0 Å². The highest BCUT2D eigenvalue weighted by Gasteiger charge is 2.08. The van der Waals surface area contributed by atoms with Crippen LogP contribution in [-0.4, -0.2) is 9.78 Å². The summed E-state index contributed by atoms with van der Waals surface area (Å²) in [6.45, 7) is 0.632. The van der Waals surface area contributed by atoms with Gasteiger partial charge in [-0.1, -0.05) is 11.6 Å². The van der Waals surface area contributed by atoms with E-state index in [1.165, 1.54) is 11.3 Å². The van der Waals surface area contributed by atoms with Gasteiger partial charge in [-0.25, -0.2) is 4.68 Å². The van der Waals surface area contributed by atoms with Crippen LogP contribution < -0.4 is 5.73 Å². The summed E-state index contributed by atoms with van der Waals surface area (Å²) in [5.41, 5.74) is 5.81. The Kier molecular flexibility index (Phi) is 3.39. The lowest BCUT2D eigenvalue weighted by atomic mass is 10.4. The van der Waals surface area contributed by atoms with Crippen LogP contribution in [0.4, 0.5) is 5.82 Å². The quantitative estimate of drug-likeness (QED) is 0.874. The number of rotatable bonds is 2. The molecule has 0 aliphatic carbocycles. The Morgan fingerprint density at radius 3 is 2.67 bits per heavy atom. The maximum Gasteiger partial charge on any atom is 0.136 e. The number of nitrogen functional groups attached to an aromatic ring is 1. The maximum atomic E-state index is 5.94. The molecule has 15 heavy (non-hydrogen) atoms. The first-order valence-corrected chi connectivity index (χ1v) is 6.76. The molecule has 2 heterocycles. The summed E-state index contributed by atoms with van der Waals surface area (Å²) in [5.74, 6) is 0.621. The molecule has 80 valence electrons. The molecule has 2 rings (SSSR count). The summed E-state index contributed by atoms with van der Waals surface area (Å²) in [7, 11) is 0. The molecule has 0 radical (unpaired) electrons. The van der Waals surface area contributed by atoms with Gasteiger partial charge in [-0.3, -0.25) is 0 Å². The topological polar surface area (TPSA) is 43.8 Å². The van der Waals surface area contributed by atoms with Crippen molar-refractivity contribution in [2.45, 2.75) is 6.54 Å². The molecule has 0 aliphatic heterocycles. The van der Waals surface area contributed by atoms with Crippen molar-refractivity contribution in [3.05, 3.63) is 30.4 Å². The first-order valence-electron chi connectivity index (χ1n) is 3.98. The van der Waals surface area contributed by atoms with Gasteiger partial charge < -0.3 is 5.73 Å². The third-order valence-electron chi connectivity index (χ3n) is 1.84. The van der Waals surface area contributed by atoms with Gasteiger partial charge in [-0.15, -0.1) is 11.3 Å². The van der Waals surface area contributed by atoms with Crippen LogP contribution in [0.2, 0.25) is 4.34 Å². The van der Waals surface area contributed by atoms with E-state index in [9.17, 15) is 0 Å². The first-order chi connectivity index (χ1) is 7.08. The van der Waals surface area contributed by atoms with Gasteiger partial charge in [0.25, 0.3) is 0 Å². The lowest BCUT2D eigenvalue weighted by Gasteiger charge is -2.00. The second-order valence-corrected chi connectivity index (χ2v) is 6.32. The second-order valence-electron chi connectivity index (χ2n) is 2.87. The summed E-state index contributed by atoms with van der Waals surface area (Å²) >= 11 is 14.1. The van der Waals surface area contributed by atoms with E-state index in [0.717, 1.165) is 18.2 Å². The minimum absolute atomic E-state index is 0.621. The Bertz CT molecular complexity index is 475. The zero-order valence-corrected chi connectivity index (χ0v) is 12.1. The molecular formula is C8H6Br2ClN3S. The van der Waals surface area contributed by atoms with Gasteiger partial charge in [0, 0.05) is 9.35 Å². The number of hydrogen-bond acceptors (Lipinski definition) is 3. The number of anilines is 1. The van der Waals surface area contributed by atoms with Crippen LogP contribution in [0.5, 0.6) is 0 Å². The zero-order valence-electron chi connectivity index (χ0n) is 7.38. The van der Waals surface area contributed by atoms with Crippen LogP contribution in [0.25, 0.3) is 0 Å². The van der Waals surface area contributed by atoms with E-state index >= 15 is 0 Å². The standard InChI is InChI=1S/C8H6Br2ClN3S/c9-5-1-4(15-7(5)11)3-14-8(12)6(10)2-13-14/h1-2H,3,12H2. The van der Waals surface area contributed by atoms with Crippen molar-refractivity contribution in [3.8, 4) is 0 Å². The van der Waals surface area contributed by atoms with E-state index in [1.807, 2.05) is 6.07 Å². The van der Waals surface area contributed by atoms with E-state index < -0.39 is 0 Å².